The van der Waals surface area contributed by atoms with Crippen molar-refractivity contribution >= 4 is 14.1 Å². The average Bonchev–Trinajstić information content (AvgIpc) is 2.56. The topological polar surface area (TPSA) is 49.7 Å². The molecule has 108 valence electrons. The van der Waals surface area contributed by atoms with E-state index in [0.29, 0.717) is 5.56 Å². The molecule has 0 radical (unpaired) electrons. The van der Waals surface area contributed by atoms with Gasteiger partial charge in [0, 0.05) is 22.0 Å². The molecule has 0 spiro atoms. The van der Waals surface area contributed by atoms with E-state index >= 15 is 0 Å². The second kappa shape index (κ2) is 5.04. The lowest BCUT2D eigenvalue weighted by atomic mass is 9.93. The molecule has 4 heteroatoms. The van der Waals surface area contributed by atoms with Gasteiger partial charge in [-0.05, 0) is 29.8 Å². The highest BCUT2D eigenvalue weighted by Gasteiger charge is 2.22. The van der Waals surface area contributed by atoms with Crippen molar-refractivity contribution in [3.63, 3.8) is 0 Å². The van der Waals surface area contributed by atoms with Gasteiger partial charge in [0.25, 0.3) is 0 Å². The summed E-state index contributed by atoms with van der Waals surface area (Å²) in [6, 6.07) is 18.4. The molecule has 22 heavy (non-hydrogen) atoms. The molecule has 3 aromatic rings. The number of fused-ring (bicyclic) bond motifs is 3. The van der Waals surface area contributed by atoms with Crippen LogP contribution in [0.1, 0.15) is 0 Å². The molecule has 4 rings (SSSR count). The van der Waals surface area contributed by atoms with Gasteiger partial charge in [0.1, 0.15) is 26.1 Å². The van der Waals surface area contributed by atoms with Gasteiger partial charge in [0.05, 0.1) is 0 Å². The molecule has 0 saturated carbocycles. The molecule has 2 N–H and O–H groups in total. The summed E-state index contributed by atoms with van der Waals surface area (Å²) in [5.74, 6) is 1.13. The third kappa shape index (κ3) is 2.02. The van der Waals surface area contributed by atoms with Gasteiger partial charge in [-0.3, -0.25) is 0 Å². The van der Waals surface area contributed by atoms with E-state index in [-0.39, 0.29) is 20.3 Å². The van der Waals surface area contributed by atoms with Crippen molar-refractivity contribution in [1.82, 2.24) is 0 Å². The van der Waals surface area contributed by atoms with E-state index in [2.05, 4.69) is 0 Å². The Labute approximate surface area is 129 Å². The molecule has 0 aliphatic carbocycles. The Balaban J connectivity index is 2.03. The van der Waals surface area contributed by atoms with Crippen LogP contribution in [0.15, 0.2) is 60.7 Å². The van der Waals surface area contributed by atoms with Crippen molar-refractivity contribution in [2.24, 2.45) is 0 Å². The first-order valence-electron chi connectivity index (χ1n) is 6.91. The molecule has 1 heterocycles. The average molecular weight is 308 g/mol. The SMILES string of the molecule is Oc1ccc(O)c(-c2cccc3c2-c2ccccc2OP3)c1. The van der Waals surface area contributed by atoms with Crippen LogP contribution in [0.3, 0.4) is 0 Å². The number of phenols is 2. The molecule has 1 unspecified atom stereocenters. The van der Waals surface area contributed by atoms with Crippen molar-refractivity contribution in [3.8, 4) is 39.5 Å². The van der Waals surface area contributed by atoms with Gasteiger partial charge in [0.15, 0.2) is 0 Å². The predicted molar refractivity (Wildman–Crippen MR) is 89.2 cm³/mol. The van der Waals surface area contributed by atoms with Crippen molar-refractivity contribution < 1.29 is 14.7 Å². The fraction of sp³-hybridized carbons (Fsp3) is 0. The third-order valence-corrected chi connectivity index (χ3v) is 4.72. The molecule has 1 aliphatic heterocycles. The standard InChI is InChI=1S/C18H13O3P/c19-11-8-9-15(20)14(10-11)12-5-3-7-17-18(12)13-4-1-2-6-16(13)21-22-17/h1-10,19-20,22H. The second-order valence-electron chi connectivity index (χ2n) is 5.13. The largest absolute Gasteiger partial charge is 0.508 e. The van der Waals surface area contributed by atoms with Gasteiger partial charge >= 0.3 is 0 Å². The van der Waals surface area contributed by atoms with Crippen molar-refractivity contribution in [3.05, 3.63) is 60.7 Å². The molecule has 0 amide bonds. The van der Waals surface area contributed by atoms with Crippen LogP contribution in [0.5, 0.6) is 17.2 Å². The van der Waals surface area contributed by atoms with E-state index in [4.69, 9.17) is 4.52 Å². The molecular weight excluding hydrogens is 295 g/mol. The summed E-state index contributed by atoms with van der Waals surface area (Å²) in [7, 11) is 0.231. The van der Waals surface area contributed by atoms with Gasteiger partial charge < -0.3 is 14.7 Å². The number of phenolic OH excluding ortho intramolecular Hbond substituents is 2. The van der Waals surface area contributed by atoms with Gasteiger partial charge in [0.2, 0.25) is 0 Å². The van der Waals surface area contributed by atoms with Gasteiger partial charge in [-0.15, -0.1) is 0 Å². The quantitative estimate of drug-likeness (QED) is 0.527. The van der Waals surface area contributed by atoms with E-state index in [9.17, 15) is 10.2 Å². The smallest absolute Gasteiger partial charge is 0.131 e. The lowest BCUT2D eigenvalue weighted by Gasteiger charge is -2.23. The lowest BCUT2D eigenvalue weighted by Crippen LogP contribution is -2.09. The molecule has 0 fully saturated rings. The maximum Gasteiger partial charge on any atom is 0.131 e. The fourth-order valence-electron chi connectivity index (χ4n) is 2.76. The van der Waals surface area contributed by atoms with E-state index in [1.54, 1.807) is 6.07 Å². The molecule has 1 atom stereocenters. The maximum atomic E-state index is 10.2. The summed E-state index contributed by atoms with van der Waals surface area (Å²) < 4.78 is 5.81. The summed E-state index contributed by atoms with van der Waals surface area (Å²) in [5.41, 5.74) is 3.59. The molecule has 3 nitrogen and oxygen atoms in total. The van der Waals surface area contributed by atoms with E-state index < -0.39 is 0 Å². The van der Waals surface area contributed by atoms with Crippen LogP contribution in [-0.4, -0.2) is 10.2 Å². The maximum absolute atomic E-state index is 10.2. The van der Waals surface area contributed by atoms with Crippen molar-refractivity contribution in [2.75, 3.05) is 0 Å². The Morgan fingerprint density at radius 3 is 2.50 bits per heavy atom. The van der Waals surface area contributed by atoms with E-state index in [1.165, 1.54) is 12.1 Å². The minimum Gasteiger partial charge on any atom is -0.508 e. The number of benzene rings is 3. The van der Waals surface area contributed by atoms with Crippen LogP contribution in [0.2, 0.25) is 0 Å². The van der Waals surface area contributed by atoms with Gasteiger partial charge in [-0.1, -0.05) is 36.4 Å². The Morgan fingerprint density at radius 1 is 0.773 bits per heavy atom. The Kier molecular flexibility index (Phi) is 3.02. The van der Waals surface area contributed by atoms with Crippen LogP contribution in [0, 0.1) is 0 Å². The van der Waals surface area contributed by atoms with Gasteiger partial charge in [-0.2, -0.15) is 0 Å². The summed E-state index contributed by atoms with van der Waals surface area (Å²) in [5, 5.41) is 21.1. The summed E-state index contributed by atoms with van der Waals surface area (Å²) in [6.45, 7) is 0. The normalized spacial score (nSPS) is 13.3. The molecule has 0 bridgehead atoms. The first-order valence-corrected chi connectivity index (χ1v) is 7.82. The highest BCUT2D eigenvalue weighted by Crippen LogP contribution is 2.45. The number of aromatic hydroxyl groups is 2. The molecule has 1 aliphatic rings. The molecule has 0 saturated heterocycles. The van der Waals surface area contributed by atoms with Crippen molar-refractivity contribution in [1.29, 1.82) is 0 Å². The van der Waals surface area contributed by atoms with Gasteiger partial charge in [-0.25, -0.2) is 0 Å². The number of hydrogen-bond donors (Lipinski definition) is 2. The third-order valence-electron chi connectivity index (χ3n) is 3.76. The Morgan fingerprint density at radius 2 is 1.59 bits per heavy atom. The second-order valence-corrected chi connectivity index (χ2v) is 6.08. The number of para-hydroxylation sites is 1. The molecule has 0 aromatic heterocycles. The zero-order valence-electron chi connectivity index (χ0n) is 11.6. The minimum absolute atomic E-state index is 0.133. The monoisotopic (exact) mass is 308 g/mol. The summed E-state index contributed by atoms with van der Waals surface area (Å²) in [6.07, 6.45) is 0. The minimum atomic E-state index is 0.133. The predicted octanol–water partition coefficient (Wildman–Crippen LogP) is 4.04. The Bertz CT molecular complexity index is 874. The number of rotatable bonds is 1. The first-order chi connectivity index (χ1) is 10.7. The zero-order valence-corrected chi connectivity index (χ0v) is 12.6. The fourth-order valence-corrected chi connectivity index (χ4v) is 3.70. The van der Waals surface area contributed by atoms with Crippen molar-refractivity contribution in [2.45, 2.75) is 0 Å². The van der Waals surface area contributed by atoms with Crippen LogP contribution in [0.4, 0.5) is 0 Å². The Hall–Kier alpha value is -2.51. The highest BCUT2D eigenvalue weighted by atomic mass is 31.1. The summed E-state index contributed by atoms with van der Waals surface area (Å²) >= 11 is 0. The van der Waals surface area contributed by atoms with Crippen LogP contribution in [0.25, 0.3) is 22.3 Å². The summed E-state index contributed by atoms with van der Waals surface area (Å²) in [4.78, 5) is 0. The van der Waals surface area contributed by atoms with Crippen LogP contribution >= 0.6 is 8.81 Å². The van der Waals surface area contributed by atoms with Crippen LogP contribution < -0.4 is 9.83 Å². The van der Waals surface area contributed by atoms with Crippen LogP contribution in [-0.2, 0) is 0 Å². The first kappa shape index (κ1) is 13.2. The molecular formula is C18H13O3P. The van der Waals surface area contributed by atoms with E-state index in [1.807, 2.05) is 42.5 Å². The lowest BCUT2D eigenvalue weighted by molar-refractivity contribution is 0.462. The number of hydrogen-bond acceptors (Lipinski definition) is 3. The zero-order chi connectivity index (χ0) is 15.1. The highest BCUT2D eigenvalue weighted by molar-refractivity contribution is 7.43. The molecule has 3 aromatic carbocycles. The van der Waals surface area contributed by atoms with E-state index in [0.717, 1.165) is 27.7 Å².